The summed E-state index contributed by atoms with van der Waals surface area (Å²) in [6, 6.07) is 7.86. The average molecular weight is 292 g/mol. The number of methoxy groups -OCH3 is 1. The van der Waals surface area contributed by atoms with E-state index in [2.05, 4.69) is 0 Å². The topological polar surface area (TPSA) is 22.9 Å². The van der Waals surface area contributed by atoms with Crippen molar-refractivity contribution in [3.05, 3.63) is 24.3 Å². The molecule has 0 aromatic heterocycles. The molecular formula is C18H30NO2+. The molecule has 1 aliphatic rings. The van der Waals surface area contributed by atoms with Gasteiger partial charge in [0, 0.05) is 0 Å². The van der Waals surface area contributed by atoms with Crippen molar-refractivity contribution in [3.63, 3.8) is 0 Å². The molecule has 0 amide bonds. The van der Waals surface area contributed by atoms with Gasteiger partial charge in [-0.1, -0.05) is 12.1 Å². The molecule has 0 spiro atoms. The van der Waals surface area contributed by atoms with Gasteiger partial charge in [0.15, 0.2) is 11.5 Å². The van der Waals surface area contributed by atoms with Gasteiger partial charge in [0.2, 0.25) is 0 Å². The number of likely N-dealkylation sites (tertiary alicyclic amines) is 1. The van der Waals surface area contributed by atoms with E-state index in [9.17, 15) is 0 Å². The number of quaternary nitrogens is 1. The first-order valence-corrected chi connectivity index (χ1v) is 8.49. The van der Waals surface area contributed by atoms with Gasteiger partial charge in [-0.3, -0.25) is 0 Å². The maximum Gasteiger partial charge on any atom is 0.161 e. The van der Waals surface area contributed by atoms with Crippen LogP contribution in [0.2, 0.25) is 0 Å². The predicted octanol–water partition coefficient (Wildman–Crippen LogP) is 2.70. The Labute approximate surface area is 129 Å². The molecule has 0 radical (unpaired) electrons. The van der Waals surface area contributed by atoms with Crippen LogP contribution in [0.4, 0.5) is 0 Å². The van der Waals surface area contributed by atoms with Crippen molar-refractivity contribution in [1.29, 1.82) is 0 Å². The van der Waals surface area contributed by atoms with E-state index in [0.29, 0.717) is 0 Å². The number of unbranched alkanes of at least 4 members (excludes halogenated alkanes) is 3. The lowest BCUT2D eigenvalue weighted by Crippen LogP contribution is -3.12. The lowest BCUT2D eigenvalue weighted by atomic mass is 10.1. The number of benzene rings is 1. The molecule has 1 aromatic carbocycles. The fourth-order valence-electron chi connectivity index (χ4n) is 3.05. The number of nitrogens with one attached hydrogen (secondary N) is 1. The monoisotopic (exact) mass is 292 g/mol. The van der Waals surface area contributed by atoms with Crippen molar-refractivity contribution >= 4 is 0 Å². The minimum atomic E-state index is 0.789. The Balaban J connectivity index is 1.50. The summed E-state index contributed by atoms with van der Waals surface area (Å²) in [5, 5.41) is 0. The molecule has 1 heterocycles. The van der Waals surface area contributed by atoms with Crippen LogP contribution < -0.4 is 14.4 Å². The summed E-state index contributed by atoms with van der Waals surface area (Å²) in [5.74, 6) is 1.68. The number of rotatable bonds is 9. The van der Waals surface area contributed by atoms with Crippen molar-refractivity contribution in [1.82, 2.24) is 0 Å². The van der Waals surface area contributed by atoms with E-state index in [4.69, 9.17) is 9.47 Å². The van der Waals surface area contributed by atoms with Gasteiger partial charge in [-0.2, -0.15) is 0 Å². The molecule has 0 saturated carbocycles. The Morgan fingerprint density at radius 3 is 2.38 bits per heavy atom. The molecule has 0 bridgehead atoms. The van der Waals surface area contributed by atoms with Gasteiger partial charge in [0.25, 0.3) is 0 Å². The first-order chi connectivity index (χ1) is 10.4. The Hall–Kier alpha value is -1.22. The summed E-state index contributed by atoms with van der Waals surface area (Å²) in [4.78, 5) is 1.83. The SMILES string of the molecule is COc1ccccc1OCCCCCC[NH+]1CCCCC1. The van der Waals surface area contributed by atoms with Gasteiger partial charge >= 0.3 is 0 Å². The first kappa shape index (κ1) is 16.2. The van der Waals surface area contributed by atoms with Crippen molar-refractivity contribution < 1.29 is 14.4 Å². The smallest absolute Gasteiger partial charge is 0.161 e. The quantitative estimate of drug-likeness (QED) is 0.707. The summed E-state index contributed by atoms with van der Waals surface area (Å²) in [7, 11) is 1.69. The molecule has 118 valence electrons. The molecule has 3 nitrogen and oxygen atoms in total. The summed E-state index contributed by atoms with van der Waals surface area (Å²) in [5.41, 5.74) is 0. The molecular weight excluding hydrogens is 262 g/mol. The lowest BCUT2D eigenvalue weighted by molar-refractivity contribution is -0.905. The number of ether oxygens (including phenoxy) is 2. The molecule has 1 aliphatic heterocycles. The standard InChI is InChI=1S/C18H29NO2/c1-20-17-11-5-6-12-18(17)21-16-10-3-2-7-13-19-14-8-4-9-15-19/h5-6,11-12H,2-4,7-10,13-16H2,1H3/p+1. The van der Waals surface area contributed by atoms with Gasteiger partial charge in [0.05, 0.1) is 33.4 Å². The Bertz CT molecular complexity index is 389. The largest absolute Gasteiger partial charge is 0.493 e. The van der Waals surface area contributed by atoms with Crippen molar-refractivity contribution in [2.24, 2.45) is 0 Å². The second kappa shape index (κ2) is 9.67. The number of hydrogen-bond donors (Lipinski definition) is 1. The van der Waals surface area contributed by atoms with E-state index < -0.39 is 0 Å². The molecule has 1 N–H and O–H groups in total. The van der Waals surface area contributed by atoms with Crippen LogP contribution in [0.3, 0.4) is 0 Å². The van der Waals surface area contributed by atoms with Gasteiger partial charge in [-0.15, -0.1) is 0 Å². The third-order valence-corrected chi connectivity index (χ3v) is 4.31. The van der Waals surface area contributed by atoms with E-state index in [1.807, 2.05) is 29.2 Å². The van der Waals surface area contributed by atoms with Gasteiger partial charge in [-0.05, 0) is 57.1 Å². The fourth-order valence-corrected chi connectivity index (χ4v) is 3.05. The van der Waals surface area contributed by atoms with Crippen molar-refractivity contribution in [2.75, 3.05) is 33.4 Å². The van der Waals surface area contributed by atoms with Gasteiger partial charge in [0.1, 0.15) is 0 Å². The predicted molar refractivity (Wildman–Crippen MR) is 86.4 cm³/mol. The molecule has 3 heteroatoms. The first-order valence-electron chi connectivity index (χ1n) is 8.49. The van der Waals surface area contributed by atoms with Crippen molar-refractivity contribution in [2.45, 2.75) is 44.9 Å². The molecule has 0 aliphatic carbocycles. The average Bonchev–Trinajstić information content (AvgIpc) is 2.55. The second-order valence-corrected chi connectivity index (χ2v) is 5.97. The third kappa shape index (κ3) is 5.96. The van der Waals surface area contributed by atoms with E-state index in [-0.39, 0.29) is 0 Å². The van der Waals surface area contributed by atoms with Crippen LogP contribution in [0, 0.1) is 0 Å². The number of hydrogen-bond acceptors (Lipinski definition) is 2. The van der Waals surface area contributed by atoms with Crippen LogP contribution in [-0.2, 0) is 0 Å². The molecule has 0 atom stereocenters. The molecule has 21 heavy (non-hydrogen) atoms. The van der Waals surface area contributed by atoms with Crippen LogP contribution in [0.1, 0.15) is 44.9 Å². The van der Waals surface area contributed by atoms with E-state index in [1.54, 1.807) is 7.11 Å². The Morgan fingerprint density at radius 2 is 1.62 bits per heavy atom. The zero-order valence-corrected chi connectivity index (χ0v) is 13.4. The molecule has 1 saturated heterocycles. The van der Waals surface area contributed by atoms with Gasteiger partial charge in [-0.25, -0.2) is 0 Å². The van der Waals surface area contributed by atoms with Crippen LogP contribution in [0.15, 0.2) is 24.3 Å². The summed E-state index contributed by atoms with van der Waals surface area (Å²) in [6.07, 6.45) is 9.41. The summed E-state index contributed by atoms with van der Waals surface area (Å²) < 4.78 is 11.1. The van der Waals surface area contributed by atoms with E-state index >= 15 is 0 Å². The maximum absolute atomic E-state index is 5.79. The summed E-state index contributed by atoms with van der Waals surface area (Å²) in [6.45, 7) is 4.96. The Kier molecular flexibility index (Phi) is 7.44. The Morgan fingerprint density at radius 1 is 0.905 bits per heavy atom. The zero-order chi connectivity index (χ0) is 14.8. The zero-order valence-electron chi connectivity index (χ0n) is 13.4. The highest BCUT2D eigenvalue weighted by Crippen LogP contribution is 2.25. The minimum Gasteiger partial charge on any atom is -0.493 e. The van der Waals surface area contributed by atoms with Gasteiger partial charge < -0.3 is 14.4 Å². The maximum atomic E-state index is 5.79. The molecule has 2 rings (SSSR count). The van der Waals surface area contributed by atoms with Crippen molar-refractivity contribution in [3.8, 4) is 11.5 Å². The van der Waals surface area contributed by atoms with Crippen LogP contribution in [0.25, 0.3) is 0 Å². The van der Waals surface area contributed by atoms with E-state index in [0.717, 1.165) is 24.5 Å². The van der Waals surface area contributed by atoms with Crippen LogP contribution in [-0.4, -0.2) is 33.4 Å². The molecule has 0 unspecified atom stereocenters. The third-order valence-electron chi connectivity index (χ3n) is 4.31. The lowest BCUT2D eigenvalue weighted by Gasteiger charge is -2.23. The highest BCUT2D eigenvalue weighted by molar-refractivity contribution is 5.39. The number of para-hydroxylation sites is 2. The number of piperidine rings is 1. The minimum absolute atomic E-state index is 0.789. The fraction of sp³-hybridized carbons (Fsp3) is 0.667. The summed E-state index contributed by atoms with van der Waals surface area (Å²) >= 11 is 0. The normalized spacial score (nSPS) is 15.9. The van der Waals surface area contributed by atoms with Crippen LogP contribution in [0.5, 0.6) is 11.5 Å². The molecule has 1 aromatic rings. The highest BCUT2D eigenvalue weighted by atomic mass is 16.5. The molecule has 1 fully saturated rings. The highest BCUT2D eigenvalue weighted by Gasteiger charge is 2.12. The second-order valence-electron chi connectivity index (χ2n) is 5.97. The van der Waals surface area contributed by atoms with E-state index in [1.165, 1.54) is 58.2 Å². The van der Waals surface area contributed by atoms with Crippen LogP contribution >= 0.6 is 0 Å².